The van der Waals surface area contributed by atoms with Crippen molar-refractivity contribution in [3.05, 3.63) is 82.6 Å². The number of carbonyl (C=O) groups excluding carboxylic acids is 1. The van der Waals surface area contributed by atoms with Gasteiger partial charge in [-0.05, 0) is 54.7 Å². The summed E-state index contributed by atoms with van der Waals surface area (Å²) in [6, 6.07) is 15.3. The van der Waals surface area contributed by atoms with E-state index in [0.29, 0.717) is 22.8 Å². The fourth-order valence-corrected chi connectivity index (χ4v) is 4.65. The van der Waals surface area contributed by atoms with Crippen LogP contribution in [0.4, 0.5) is 13.2 Å². The number of carbonyl (C=O) groups is 1. The predicted molar refractivity (Wildman–Crippen MR) is 111 cm³/mol. The van der Waals surface area contributed by atoms with Crippen LogP contribution in [0.1, 0.15) is 48.3 Å². The Hall–Kier alpha value is -2.80. The summed E-state index contributed by atoms with van der Waals surface area (Å²) in [5.74, 6) is 0.0672. The first-order chi connectivity index (χ1) is 14.8. The normalized spacial score (nSPS) is 24.5. The van der Waals surface area contributed by atoms with Crippen LogP contribution >= 0.6 is 0 Å². The van der Waals surface area contributed by atoms with Crippen LogP contribution in [0.3, 0.4) is 0 Å². The highest BCUT2D eigenvalue weighted by molar-refractivity contribution is 5.95. The second-order valence-electron chi connectivity index (χ2n) is 8.25. The lowest BCUT2D eigenvalue weighted by Crippen LogP contribution is -2.52. The van der Waals surface area contributed by atoms with E-state index < -0.39 is 24.0 Å². The van der Waals surface area contributed by atoms with Gasteiger partial charge in [0.2, 0.25) is 6.35 Å². The first-order valence-corrected chi connectivity index (χ1v) is 10.5. The summed E-state index contributed by atoms with van der Waals surface area (Å²) in [6.07, 6.45) is -1.97. The molecule has 1 aliphatic heterocycles. The third-order valence-electron chi connectivity index (χ3n) is 6.20. The molecule has 31 heavy (non-hydrogen) atoms. The maximum Gasteiger partial charge on any atom is 0.416 e. The average molecular weight is 430 g/mol. The zero-order chi connectivity index (χ0) is 22.0. The minimum atomic E-state index is -4.44. The molecule has 1 saturated carbocycles. The second-order valence-corrected chi connectivity index (χ2v) is 8.25. The summed E-state index contributed by atoms with van der Waals surface area (Å²) in [6.45, 7) is 0. The summed E-state index contributed by atoms with van der Waals surface area (Å²) in [5, 5.41) is 15.4. The standard InChI is InChI=1S/C24H25F3N2O2/c25-24(26,27)19-8-4-5-15(13-19)14-20-21(28-23(31)29-22(20)30)18-11-9-17(10-12-18)16-6-2-1-3-7-16/h1-8,13,17-18,23,28,31H,9-12,14H2,(H,29,30)/t17-,18-,23?. The van der Waals surface area contributed by atoms with Gasteiger partial charge in [-0.2, -0.15) is 13.2 Å². The number of alkyl halides is 3. The number of allylic oxidation sites excluding steroid dienone is 1. The molecule has 3 N–H and O–H groups in total. The van der Waals surface area contributed by atoms with E-state index in [4.69, 9.17) is 0 Å². The molecule has 7 heteroatoms. The molecule has 4 rings (SSSR count). The van der Waals surface area contributed by atoms with Crippen molar-refractivity contribution < 1.29 is 23.1 Å². The number of aliphatic hydroxyl groups is 1. The summed E-state index contributed by atoms with van der Waals surface area (Å²) in [4.78, 5) is 12.6. The van der Waals surface area contributed by atoms with E-state index in [1.54, 1.807) is 6.07 Å². The van der Waals surface area contributed by atoms with E-state index in [1.807, 2.05) is 18.2 Å². The Balaban J connectivity index is 1.56. The molecule has 1 amide bonds. The van der Waals surface area contributed by atoms with E-state index in [0.717, 1.165) is 37.8 Å². The van der Waals surface area contributed by atoms with Crippen LogP contribution in [0.5, 0.6) is 0 Å². The predicted octanol–water partition coefficient (Wildman–Crippen LogP) is 4.47. The lowest BCUT2D eigenvalue weighted by molar-refractivity contribution is -0.137. The van der Waals surface area contributed by atoms with Crippen LogP contribution in [0, 0.1) is 5.92 Å². The van der Waals surface area contributed by atoms with Gasteiger partial charge in [-0.15, -0.1) is 0 Å². The van der Waals surface area contributed by atoms with Gasteiger partial charge in [0.1, 0.15) is 0 Å². The minimum absolute atomic E-state index is 0.0569. The lowest BCUT2D eigenvalue weighted by atomic mass is 9.76. The number of nitrogens with one attached hydrogen (secondary N) is 2. The maximum absolute atomic E-state index is 13.1. The third-order valence-corrected chi connectivity index (χ3v) is 6.20. The molecule has 0 spiro atoms. The number of rotatable bonds is 4. The largest absolute Gasteiger partial charge is 0.416 e. The molecular weight excluding hydrogens is 405 g/mol. The van der Waals surface area contributed by atoms with E-state index in [1.165, 1.54) is 11.6 Å². The molecular formula is C24H25F3N2O2. The van der Waals surface area contributed by atoms with Crippen molar-refractivity contribution in [2.24, 2.45) is 5.92 Å². The maximum atomic E-state index is 13.1. The average Bonchev–Trinajstić information content (AvgIpc) is 2.76. The zero-order valence-electron chi connectivity index (χ0n) is 17.0. The van der Waals surface area contributed by atoms with Crippen molar-refractivity contribution >= 4 is 5.91 Å². The van der Waals surface area contributed by atoms with Crippen molar-refractivity contribution in [3.8, 4) is 0 Å². The molecule has 2 aromatic carbocycles. The molecule has 0 radical (unpaired) electrons. The molecule has 0 saturated heterocycles. The van der Waals surface area contributed by atoms with Gasteiger partial charge >= 0.3 is 6.18 Å². The number of amides is 1. The number of aliphatic hydroxyl groups excluding tert-OH is 1. The molecule has 0 aromatic heterocycles. The van der Waals surface area contributed by atoms with Crippen LogP contribution in [0.15, 0.2) is 65.9 Å². The quantitative estimate of drug-likeness (QED) is 0.671. The van der Waals surface area contributed by atoms with Gasteiger partial charge in [0, 0.05) is 17.7 Å². The molecule has 164 valence electrons. The molecule has 1 aliphatic carbocycles. The molecule has 1 fully saturated rings. The monoisotopic (exact) mass is 430 g/mol. The molecule has 0 bridgehead atoms. The first-order valence-electron chi connectivity index (χ1n) is 10.5. The highest BCUT2D eigenvalue weighted by Crippen LogP contribution is 2.39. The molecule has 2 aromatic rings. The van der Waals surface area contributed by atoms with Crippen molar-refractivity contribution in [3.63, 3.8) is 0 Å². The van der Waals surface area contributed by atoms with E-state index in [2.05, 4.69) is 22.8 Å². The van der Waals surface area contributed by atoms with Crippen LogP contribution in [-0.2, 0) is 17.4 Å². The van der Waals surface area contributed by atoms with Gasteiger partial charge < -0.3 is 15.7 Å². The van der Waals surface area contributed by atoms with Gasteiger partial charge in [-0.1, -0.05) is 48.5 Å². The van der Waals surface area contributed by atoms with Crippen molar-refractivity contribution in [2.45, 2.75) is 50.6 Å². The van der Waals surface area contributed by atoms with E-state index in [-0.39, 0.29) is 12.3 Å². The Morgan fingerprint density at radius 2 is 1.58 bits per heavy atom. The molecule has 1 atom stereocenters. The van der Waals surface area contributed by atoms with Crippen molar-refractivity contribution in [2.75, 3.05) is 0 Å². The molecule has 2 aliphatic rings. The molecule has 1 unspecified atom stereocenters. The smallest absolute Gasteiger partial charge is 0.356 e. The van der Waals surface area contributed by atoms with Gasteiger partial charge in [-0.25, -0.2) is 0 Å². The SMILES string of the molecule is O=C1NC(O)NC([C@H]2CC[C@H](c3ccccc3)CC2)=C1Cc1cccc(C(F)(F)F)c1. The van der Waals surface area contributed by atoms with Gasteiger partial charge in [0.25, 0.3) is 5.91 Å². The highest BCUT2D eigenvalue weighted by atomic mass is 19.4. The number of benzene rings is 2. The lowest BCUT2D eigenvalue weighted by Gasteiger charge is -2.35. The summed E-state index contributed by atoms with van der Waals surface area (Å²) >= 11 is 0. The molecule has 4 nitrogen and oxygen atoms in total. The van der Waals surface area contributed by atoms with Crippen molar-refractivity contribution in [1.82, 2.24) is 10.6 Å². The van der Waals surface area contributed by atoms with Crippen LogP contribution in [0.2, 0.25) is 0 Å². The second kappa shape index (κ2) is 8.75. The zero-order valence-corrected chi connectivity index (χ0v) is 17.0. The summed E-state index contributed by atoms with van der Waals surface area (Å²) < 4.78 is 39.2. The Morgan fingerprint density at radius 3 is 2.26 bits per heavy atom. The van der Waals surface area contributed by atoms with Crippen LogP contribution in [0.25, 0.3) is 0 Å². The van der Waals surface area contributed by atoms with Crippen LogP contribution < -0.4 is 10.6 Å². The van der Waals surface area contributed by atoms with Gasteiger partial charge in [0.15, 0.2) is 0 Å². The van der Waals surface area contributed by atoms with Gasteiger partial charge in [0.05, 0.1) is 5.56 Å². The Kier molecular flexibility index (Phi) is 6.05. The topological polar surface area (TPSA) is 61.4 Å². The summed E-state index contributed by atoms with van der Waals surface area (Å²) in [5.41, 5.74) is 2.02. The third kappa shape index (κ3) is 4.93. The fraction of sp³-hybridized carbons (Fsp3) is 0.375. The number of halogens is 3. The van der Waals surface area contributed by atoms with Gasteiger partial charge in [-0.3, -0.25) is 4.79 Å². The van der Waals surface area contributed by atoms with E-state index in [9.17, 15) is 23.1 Å². The Labute approximate surface area is 179 Å². The first kappa shape index (κ1) is 21.4. The fourth-order valence-electron chi connectivity index (χ4n) is 4.65. The number of hydrogen-bond acceptors (Lipinski definition) is 3. The summed E-state index contributed by atoms with van der Waals surface area (Å²) in [7, 11) is 0. The Morgan fingerprint density at radius 1 is 0.903 bits per heavy atom. The van der Waals surface area contributed by atoms with Crippen LogP contribution in [-0.4, -0.2) is 17.4 Å². The number of hydrogen-bond donors (Lipinski definition) is 3. The molecule has 1 heterocycles. The Bertz CT molecular complexity index is 964. The minimum Gasteiger partial charge on any atom is -0.356 e. The van der Waals surface area contributed by atoms with Crippen molar-refractivity contribution in [1.29, 1.82) is 0 Å². The highest BCUT2D eigenvalue weighted by Gasteiger charge is 2.34. The van der Waals surface area contributed by atoms with E-state index >= 15 is 0 Å².